The van der Waals surface area contributed by atoms with Crippen LogP contribution in [0.25, 0.3) is 0 Å². The molecule has 2 saturated heterocycles. The molecule has 96 valence electrons. The van der Waals surface area contributed by atoms with Crippen molar-refractivity contribution in [3.05, 3.63) is 34.9 Å². The fourth-order valence-electron chi connectivity index (χ4n) is 3.12. The van der Waals surface area contributed by atoms with Gasteiger partial charge in [0.05, 0.1) is 24.1 Å². The SMILES string of the molecule is N#C[C@@H]1[C@@H](c2ccc(Cl)cc2)N2CCCN2[C@H]1C#N. The average Bonchev–Trinajstić information content (AvgIpc) is 2.98. The van der Waals surface area contributed by atoms with Gasteiger partial charge in [0.2, 0.25) is 0 Å². The van der Waals surface area contributed by atoms with Crippen LogP contribution in [0.5, 0.6) is 0 Å². The van der Waals surface area contributed by atoms with Crippen molar-refractivity contribution < 1.29 is 0 Å². The van der Waals surface area contributed by atoms with E-state index >= 15 is 0 Å². The molecule has 0 spiro atoms. The third-order valence-corrected chi connectivity index (χ3v) is 4.17. The van der Waals surface area contributed by atoms with Gasteiger partial charge in [-0.3, -0.25) is 0 Å². The zero-order valence-corrected chi connectivity index (χ0v) is 11.1. The predicted octanol–water partition coefficient (Wildman–Crippen LogP) is 2.35. The van der Waals surface area contributed by atoms with Crippen LogP contribution in [0.1, 0.15) is 18.0 Å². The van der Waals surface area contributed by atoms with Gasteiger partial charge in [0.15, 0.2) is 0 Å². The standard InChI is InChI=1S/C14H13ClN4/c15-11-4-2-10(3-5-11)14-12(8-16)13(9-17)18-6-1-7-19(14)18/h2-5,12-14H,1,6-7H2/t12-,13-,14+/m0/s1. The number of hydrazine groups is 1. The monoisotopic (exact) mass is 272 g/mol. The molecular formula is C14H13ClN4. The van der Waals surface area contributed by atoms with E-state index in [1.54, 1.807) is 0 Å². The van der Waals surface area contributed by atoms with Crippen LogP contribution in [0.4, 0.5) is 0 Å². The molecule has 2 aliphatic rings. The van der Waals surface area contributed by atoms with Crippen molar-refractivity contribution in [1.82, 2.24) is 10.0 Å². The number of benzene rings is 1. The molecule has 4 nitrogen and oxygen atoms in total. The predicted molar refractivity (Wildman–Crippen MR) is 70.7 cm³/mol. The van der Waals surface area contributed by atoms with Crippen molar-refractivity contribution in [2.75, 3.05) is 13.1 Å². The maximum Gasteiger partial charge on any atom is 0.129 e. The van der Waals surface area contributed by atoms with Crippen LogP contribution >= 0.6 is 11.6 Å². The number of fused-ring (bicyclic) bond motifs is 1. The topological polar surface area (TPSA) is 54.1 Å². The van der Waals surface area contributed by atoms with Crippen molar-refractivity contribution in [2.45, 2.75) is 18.5 Å². The maximum absolute atomic E-state index is 9.43. The first-order valence-corrected chi connectivity index (χ1v) is 6.72. The molecule has 0 aromatic heterocycles. The van der Waals surface area contributed by atoms with Gasteiger partial charge in [0.25, 0.3) is 0 Å². The van der Waals surface area contributed by atoms with Crippen LogP contribution in [0, 0.1) is 28.6 Å². The summed E-state index contributed by atoms with van der Waals surface area (Å²) in [6.07, 6.45) is 1.04. The second-order valence-corrected chi connectivity index (χ2v) is 5.34. The van der Waals surface area contributed by atoms with Gasteiger partial charge >= 0.3 is 0 Å². The van der Waals surface area contributed by atoms with Gasteiger partial charge in [-0.05, 0) is 24.1 Å². The smallest absolute Gasteiger partial charge is 0.129 e. The van der Waals surface area contributed by atoms with Crippen molar-refractivity contribution in [2.24, 2.45) is 5.92 Å². The second kappa shape index (κ2) is 4.83. The molecule has 2 fully saturated rings. The number of hydrogen-bond acceptors (Lipinski definition) is 4. The molecule has 0 amide bonds. The molecule has 3 rings (SSSR count). The Morgan fingerprint density at radius 1 is 1.05 bits per heavy atom. The van der Waals surface area contributed by atoms with Crippen molar-refractivity contribution >= 4 is 11.6 Å². The highest BCUT2D eigenvalue weighted by Crippen LogP contribution is 2.43. The molecule has 1 aromatic carbocycles. The van der Waals surface area contributed by atoms with Crippen LogP contribution in [-0.2, 0) is 0 Å². The van der Waals surface area contributed by atoms with Gasteiger partial charge in [-0.15, -0.1) is 0 Å². The van der Waals surface area contributed by atoms with E-state index in [0.717, 1.165) is 25.1 Å². The van der Waals surface area contributed by atoms with Crippen LogP contribution in [0.15, 0.2) is 24.3 Å². The van der Waals surface area contributed by atoms with Gasteiger partial charge in [-0.25, -0.2) is 10.0 Å². The van der Waals surface area contributed by atoms with E-state index in [-0.39, 0.29) is 18.0 Å². The Kier molecular flexibility index (Phi) is 3.16. The summed E-state index contributed by atoms with van der Waals surface area (Å²) < 4.78 is 0. The highest BCUT2D eigenvalue weighted by molar-refractivity contribution is 6.30. The number of hydrogen-bond donors (Lipinski definition) is 0. The molecular weight excluding hydrogens is 260 g/mol. The van der Waals surface area contributed by atoms with Gasteiger partial charge in [0, 0.05) is 18.1 Å². The normalized spacial score (nSPS) is 30.8. The molecule has 19 heavy (non-hydrogen) atoms. The van der Waals surface area contributed by atoms with Crippen LogP contribution in [0.2, 0.25) is 5.02 Å². The summed E-state index contributed by atoms with van der Waals surface area (Å²) >= 11 is 5.91. The number of halogens is 1. The molecule has 5 heteroatoms. The molecule has 0 saturated carbocycles. The summed E-state index contributed by atoms with van der Waals surface area (Å²) in [4.78, 5) is 0. The quantitative estimate of drug-likeness (QED) is 0.787. The summed E-state index contributed by atoms with van der Waals surface area (Å²) in [5.74, 6) is -0.313. The van der Waals surface area contributed by atoms with E-state index in [0.29, 0.717) is 5.02 Å². The molecule has 0 aliphatic carbocycles. The van der Waals surface area contributed by atoms with Crippen molar-refractivity contribution in [3.8, 4) is 12.1 Å². The fraction of sp³-hybridized carbons (Fsp3) is 0.429. The maximum atomic E-state index is 9.43. The van der Waals surface area contributed by atoms with E-state index < -0.39 is 0 Å². The first-order valence-electron chi connectivity index (χ1n) is 6.34. The second-order valence-electron chi connectivity index (χ2n) is 4.90. The zero-order valence-electron chi connectivity index (χ0n) is 10.3. The van der Waals surface area contributed by atoms with Crippen LogP contribution < -0.4 is 0 Å². The van der Waals surface area contributed by atoms with E-state index in [4.69, 9.17) is 11.6 Å². The lowest BCUT2D eigenvalue weighted by Gasteiger charge is -2.25. The average molecular weight is 273 g/mol. The minimum Gasteiger partial charge on any atom is -0.232 e. The van der Waals surface area contributed by atoms with E-state index in [2.05, 4.69) is 17.1 Å². The van der Waals surface area contributed by atoms with Gasteiger partial charge < -0.3 is 0 Å². The molecule has 2 heterocycles. The van der Waals surface area contributed by atoms with Crippen LogP contribution in [0.3, 0.4) is 0 Å². The molecule has 0 unspecified atom stereocenters. The Hall–Kier alpha value is -1.59. The summed E-state index contributed by atoms with van der Waals surface area (Å²) in [5.41, 5.74) is 1.06. The lowest BCUT2D eigenvalue weighted by molar-refractivity contribution is 0.0383. The van der Waals surface area contributed by atoms with E-state index in [9.17, 15) is 10.5 Å². The van der Waals surface area contributed by atoms with Crippen molar-refractivity contribution in [3.63, 3.8) is 0 Å². The molecule has 0 N–H and O–H groups in total. The summed E-state index contributed by atoms with van der Waals surface area (Å²) in [7, 11) is 0. The van der Waals surface area contributed by atoms with E-state index in [1.165, 1.54) is 0 Å². The lowest BCUT2D eigenvalue weighted by Crippen LogP contribution is -2.35. The number of nitrogens with zero attached hydrogens (tertiary/aromatic N) is 4. The fourth-order valence-corrected chi connectivity index (χ4v) is 3.25. The lowest BCUT2D eigenvalue weighted by atomic mass is 9.90. The first-order chi connectivity index (χ1) is 9.26. The Morgan fingerprint density at radius 2 is 1.74 bits per heavy atom. The van der Waals surface area contributed by atoms with Crippen LogP contribution in [-0.4, -0.2) is 29.1 Å². The Labute approximate surface area is 117 Å². The summed E-state index contributed by atoms with van der Waals surface area (Å²) in [6.45, 7) is 1.77. The zero-order chi connectivity index (χ0) is 13.4. The molecule has 3 atom stereocenters. The minimum atomic E-state index is -0.340. The highest BCUT2D eigenvalue weighted by atomic mass is 35.5. The Morgan fingerprint density at radius 3 is 2.37 bits per heavy atom. The third kappa shape index (κ3) is 1.89. The van der Waals surface area contributed by atoms with Gasteiger partial charge in [-0.1, -0.05) is 23.7 Å². The summed E-state index contributed by atoms with van der Waals surface area (Å²) in [6, 6.07) is 11.8. The largest absolute Gasteiger partial charge is 0.232 e. The van der Waals surface area contributed by atoms with Crippen molar-refractivity contribution in [1.29, 1.82) is 10.5 Å². The highest BCUT2D eigenvalue weighted by Gasteiger charge is 2.50. The minimum absolute atomic E-state index is 0.0329. The van der Waals surface area contributed by atoms with Gasteiger partial charge in [-0.2, -0.15) is 10.5 Å². The molecule has 0 bridgehead atoms. The molecule has 2 aliphatic heterocycles. The Bertz CT molecular complexity index is 556. The molecule has 1 aromatic rings. The van der Waals surface area contributed by atoms with Gasteiger partial charge in [0.1, 0.15) is 6.04 Å². The first kappa shape index (κ1) is 12.4. The van der Waals surface area contributed by atoms with E-state index in [1.807, 2.05) is 29.3 Å². The third-order valence-electron chi connectivity index (χ3n) is 3.92. The number of rotatable bonds is 1. The Balaban J connectivity index is 2.01. The number of nitriles is 2. The molecule has 0 radical (unpaired) electrons. The summed E-state index contributed by atoms with van der Waals surface area (Å²) in [5, 5.41) is 23.7.